The van der Waals surface area contributed by atoms with Gasteiger partial charge in [0.1, 0.15) is 5.75 Å². The molecule has 0 spiro atoms. The molecule has 0 aliphatic rings. The van der Waals surface area contributed by atoms with Gasteiger partial charge in [0.05, 0.1) is 6.21 Å². The zero-order valence-corrected chi connectivity index (χ0v) is 13.7. The molecule has 0 aliphatic carbocycles. The molecule has 1 aromatic rings. The quantitative estimate of drug-likeness (QED) is 0.443. The maximum absolute atomic E-state index is 10.6. The van der Waals surface area contributed by atoms with Gasteiger partial charge in [-0.25, -0.2) is 0 Å². The average Bonchev–Trinajstić information content (AvgIpc) is 2.27. The molecule has 5 nitrogen and oxygen atoms in total. The number of guanidine groups is 1. The first-order valence-corrected chi connectivity index (χ1v) is 6.93. The average molecular weight is 290 g/mol. The highest BCUT2D eigenvalue weighted by molar-refractivity contribution is 5.83. The number of nitrogens with zero attached hydrogens (tertiary/aromatic N) is 2. The van der Waals surface area contributed by atoms with Crippen LogP contribution >= 0.6 is 0 Å². The Kier molecular flexibility index (Phi) is 4.66. The van der Waals surface area contributed by atoms with Crippen molar-refractivity contribution in [2.75, 3.05) is 0 Å². The molecule has 0 bridgehead atoms. The number of hydrogen-bond acceptors (Lipinski definition) is 3. The van der Waals surface area contributed by atoms with Gasteiger partial charge in [-0.05, 0) is 28.5 Å². The Bertz CT molecular complexity index is 536. The molecule has 1 aromatic carbocycles. The fourth-order valence-electron chi connectivity index (χ4n) is 2.04. The number of aromatic hydroxyl groups is 1. The first-order chi connectivity index (χ1) is 9.43. The van der Waals surface area contributed by atoms with E-state index >= 15 is 0 Å². The van der Waals surface area contributed by atoms with Crippen LogP contribution < -0.4 is 11.5 Å². The van der Waals surface area contributed by atoms with E-state index in [-0.39, 0.29) is 16.8 Å². The Balaban J connectivity index is 3.48. The monoisotopic (exact) mass is 290 g/mol. The van der Waals surface area contributed by atoms with E-state index in [1.54, 1.807) is 6.21 Å². The van der Waals surface area contributed by atoms with Crippen LogP contribution in [-0.4, -0.2) is 17.3 Å². The molecule has 0 saturated carbocycles. The van der Waals surface area contributed by atoms with Crippen LogP contribution in [0.1, 0.15) is 58.2 Å². The summed E-state index contributed by atoms with van der Waals surface area (Å²) in [5.74, 6) is 0.256. The first-order valence-electron chi connectivity index (χ1n) is 6.93. The van der Waals surface area contributed by atoms with Crippen LogP contribution in [0.5, 0.6) is 5.75 Å². The predicted octanol–water partition coefficient (Wildman–Crippen LogP) is 2.59. The lowest BCUT2D eigenvalue weighted by molar-refractivity contribution is 0.423. The first kappa shape index (κ1) is 17.0. The number of rotatable bonds is 2. The van der Waals surface area contributed by atoms with E-state index in [1.807, 2.05) is 12.1 Å². The molecule has 0 unspecified atom stereocenters. The normalized spacial score (nSPS) is 12.7. The van der Waals surface area contributed by atoms with Gasteiger partial charge < -0.3 is 16.6 Å². The van der Waals surface area contributed by atoms with Gasteiger partial charge in [-0.2, -0.15) is 5.10 Å². The van der Waals surface area contributed by atoms with E-state index in [1.165, 1.54) is 0 Å². The van der Waals surface area contributed by atoms with E-state index in [4.69, 9.17) is 11.5 Å². The van der Waals surface area contributed by atoms with Crippen molar-refractivity contribution in [1.82, 2.24) is 0 Å². The predicted molar refractivity (Wildman–Crippen MR) is 88.9 cm³/mol. The van der Waals surface area contributed by atoms with Crippen LogP contribution in [0.15, 0.2) is 22.3 Å². The van der Waals surface area contributed by atoms with Crippen LogP contribution in [0, 0.1) is 0 Å². The minimum Gasteiger partial charge on any atom is -0.507 e. The van der Waals surface area contributed by atoms with E-state index in [0.29, 0.717) is 5.75 Å². The van der Waals surface area contributed by atoms with Crippen molar-refractivity contribution in [1.29, 1.82) is 0 Å². The molecular formula is C16H26N4O. The second-order valence-corrected chi connectivity index (χ2v) is 7.23. The summed E-state index contributed by atoms with van der Waals surface area (Å²) in [6.07, 6.45) is 1.59. The molecule has 0 fully saturated rings. The minimum absolute atomic E-state index is 0.0860. The number of phenols is 1. The third-order valence-electron chi connectivity index (χ3n) is 3.13. The molecule has 0 aromatic heterocycles. The highest BCUT2D eigenvalue weighted by Crippen LogP contribution is 2.39. The Morgan fingerprint density at radius 1 is 1.00 bits per heavy atom. The Hall–Kier alpha value is -2.04. The van der Waals surface area contributed by atoms with E-state index in [9.17, 15) is 5.11 Å². The highest BCUT2D eigenvalue weighted by atomic mass is 16.3. The second-order valence-electron chi connectivity index (χ2n) is 7.23. The van der Waals surface area contributed by atoms with Gasteiger partial charge >= 0.3 is 0 Å². The third kappa shape index (κ3) is 4.48. The van der Waals surface area contributed by atoms with Crippen molar-refractivity contribution in [3.05, 3.63) is 28.8 Å². The number of hydrogen-bond donors (Lipinski definition) is 3. The Morgan fingerprint density at radius 3 is 1.76 bits per heavy atom. The van der Waals surface area contributed by atoms with Gasteiger partial charge in [-0.15, -0.1) is 5.10 Å². The van der Waals surface area contributed by atoms with Crippen molar-refractivity contribution < 1.29 is 5.11 Å². The summed E-state index contributed by atoms with van der Waals surface area (Å²) < 4.78 is 0. The van der Waals surface area contributed by atoms with Crippen LogP contribution in [0.3, 0.4) is 0 Å². The molecule has 0 saturated heterocycles. The number of nitrogens with two attached hydrogens (primary N) is 2. The lowest BCUT2D eigenvalue weighted by atomic mass is 9.78. The molecule has 1 rings (SSSR count). The molecule has 0 heterocycles. The maximum atomic E-state index is 10.6. The van der Waals surface area contributed by atoms with Crippen molar-refractivity contribution in [2.24, 2.45) is 21.7 Å². The lowest BCUT2D eigenvalue weighted by Crippen LogP contribution is -2.21. The molecule has 0 amide bonds. The molecule has 0 aliphatic heterocycles. The highest BCUT2D eigenvalue weighted by Gasteiger charge is 2.26. The zero-order chi connectivity index (χ0) is 16.4. The molecule has 5 N–H and O–H groups in total. The van der Waals surface area contributed by atoms with Gasteiger partial charge in [0.15, 0.2) is 0 Å². The summed E-state index contributed by atoms with van der Waals surface area (Å²) in [6, 6.07) is 3.83. The summed E-state index contributed by atoms with van der Waals surface area (Å²) in [7, 11) is 0. The molecular weight excluding hydrogens is 264 g/mol. The van der Waals surface area contributed by atoms with Crippen molar-refractivity contribution in [3.63, 3.8) is 0 Å². The van der Waals surface area contributed by atoms with Gasteiger partial charge in [0.25, 0.3) is 0 Å². The van der Waals surface area contributed by atoms with Gasteiger partial charge in [-0.3, -0.25) is 0 Å². The Morgan fingerprint density at radius 2 is 1.43 bits per heavy atom. The van der Waals surface area contributed by atoms with Crippen molar-refractivity contribution in [2.45, 2.75) is 52.4 Å². The van der Waals surface area contributed by atoms with E-state index < -0.39 is 0 Å². The molecule has 116 valence electrons. The summed E-state index contributed by atoms with van der Waals surface area (Å²) in [5.41, 5.74) is 12.8. The van der Waals surface area contributed by atoms with Crippen molar-refractivity contribution >= 4 is 12.2 Å². The summed E-state index contributed by atoms with van der Waals surface area (Å²) >= 11 is 0. The summed E-state index contributed by atoms with van der Waals surface area (Å²) in [4.78, 5) is 0. The minimum atomic E-state index is -0.176. The molecule has 21 heavy (non-hydrogen) atoms. The second kappa shape index (κ2) is 5.76. The van der Waals surface area contributed by atoms with Gasteiger partial charge in [-0.1, -0.05) is 41.5 Å². The number of benzene rings is 1. The lowest BCUT2D eigenvalue weighted by Gasteiger charge is -2.27. The Labute approximate surface area is 126 Å². The van der Waals surface area contributed by atoms with Gasteiger partial charge in [0, 0.05) is 11.1 Å². The summed E-state index contributed by atoms with van der Waals surface area (Å²) in [6.45, 7) is 12.4. The van der Waals surface area contributed by atoms with Crippen LogP contribution in [-0.2, 0) is 10.8 Å². The molecule has 5 heteroatoms. The largest absolute Gasteiger partial charge is 0.507 e. The van der Waals surface area contributed by atoms with Crippen LogP contribution in [0.2, 0.25) is 0 Å². The van der Waals surface area contributed by atoms with Crippen LogP contribution in [0.25, 0.3) is 0 Å². The smallest absolute Gasteiger partial charge is 0.211 e. The standard InChI is InChI=1S/C16H26N4O/c1-15(2,3)11-7-10(9-19-20-14(17)18)8-12(13(11)21)16(4,5)6/h7-9,21H,1-6H3,(H4,17,18,20). The van der Waals surface area contributed by atoms with Crippen molar-refractivity contribution in [3.8, 4) is 5.75 Å². The van der Waals surface area contributed by atoms with Crippen LogP contribution in [0.4, 0.5) is 0 Å². The zero-order valence-electron chi connectivity index (χ0n) is 13.7. The summed E-state index contributed by atoms with van der Waals surface area (Å²) in [5, 5.41) is 18.0. The molecule has 0 atom stereocenters. The topological polar surface area (TPSA) is 97.0 Å². The number of phenolic OH excluding ortho intramolecular Hbond substituents is 1. The fourth-order valence-corrected chi connectivity index (χ4v) is 2.04. The van der Waals surface area contributed by atoms with Gasteiger partial charge in [0.2, 0.25) is 5.96 Å². The third-order valence-corrected chi connectivity index (χ3v) is 3.13. The van der Waals surface area contributed by atoms with E-state index in [0.717, 1.165) is 16.7 Å². The molecule has 0 radical (unpaired) electrons. The fraction of sp³-hybridized carbons (Fsp3) is 0.500. The maximum Gasteiger partial charge on any atom is 0.211 e. The van der Waals surface area contributed by atoms with E-state index in [2.05, 4.69) is 51.7 Å². The SMILES string of the molecule is CC(C)(C)c1cc(C=NN=C(N)N)cc(C(C)(C)C)c1O.